The summed E-state index contributed by atoms with van der Waals surface area (Å²) in [5.41, 5.74) is 11.1. The third-order valence-corrected chi connectivity index (χ3v) is 11.6. The molecule has 0 saturated heterocycles. The summed E-state index contributed by atoms with van der Waals surface area (Å²) in [4.78, 5) is 0. The highest BCUT2D eigenvalue weighted by Gasteiger charge is 2.35. The van der Waals surface area contributed by atoms with Crippen molar-refractivity contribution < 1.29 is 4.12 Å². The van der Waals surface area contributed by atoms with Crippen molar-refractivity contribution >= 4 is 16.8 Å². The second-order valence-electron chi connectivity index (χ2n) is 5.71. The van der Waals surface area contributed by atoms with Crippen LogP contribution in [-0.2, 0) is 4.12 Å². The molecule has 18 heavy (non-hydrogen) atoms. The van der Waals surface area contributed by atoms with E-state index in [0.29, 0.717) is 0 Å². The Morgan fingerprint density at radius 2 is 1.39 bits per heavy atom. The summed E-state index contributed by atoms with van der Waals surface area (Å²) in [6.45, 7) is 8.24. The van der Waals surface area contributed by atoms with Gasteiger partial charge in [-0.1, -0.05) is 19.8 Å². The first-order valence-corrected chi connectivity index (χ1v) is 12.8. The summed E-state index contributed by atoms with van der Waals surface area (Å²) < 4.78 is 6.44. The molecule has 0 aliphatic carbocycles. The maximum absolute atomic E-state index is 6.44. The van der Waals surface area contributed by atoms with Gasteiger partial charge in [-0.05, 0) is 57.2 Å². The Labute approximate surface area is 115 Å². The van der Waals surface area contributed by atoms with Gasteiger partial charge in [0.2, 0.25) is 0 Å². The van der Waals surface area contributed by atoms with E-state index in [4.69, 9.17) is 21.0 Å². The van der Waals surface area contributed by atoms with Crippen molar-refractivity contribution in [2.45, 2.75) is 63.8 Å². The fraction of sp³-hybridized carbons (Fsp3) is 1.00. The maximum Gasteiger partial charge on any atom is 0.252 e. The monoisotopic (exact) mass is 291 g/mol. The van der Waals surface area contributed by atoms with Gasteiger partial charge in [0, 0.05) is 0 Å². The van der Waals surface area contributed by atoms with Gasteiger partial charge in [0.1, 0.15) is 0 Å². The Hall–Kier alpha value is 0.274. The molecule has 110 valence electrons. The summed E-state index contributed by atoms with van der Waals surface area (Å²) in [6.07, 6.45) is 4.44. The minimum Gasteiger partial charge on any atom is -0.444 e. The molecule has 2 atom stereocenters. The summed E-state index contributed by atoms with van der Waals surface area (Å²) >= 11 is 0. The summed E-state index contributed by atoms with van der Waals surface area (Å²) in [5.74, 6) is 0. The van der Waals surface area contributed by atoms with E-state index < -0.39 is 16.8 Å². The smallest absolute Gasteiger partial charge is 0.252 e. The van der Waals surface area contributed by atoms with E-state index in [9.17, 15) is 0 Å². The fourth-order valence-electron chi connectivity index (χ4n) is 2.18. The average molecular weight is 292 g/mol. The lowest BCUT2D eigenvalue weighted by Gasteiger charge is -2.35. The van der Waals surface area contributed by atoms with Crippen LogP contribution in [0.4, 0.5) is 0 Å². The SMILES string of the molecule is CC[Si](C)(CCCCN)O[Si](C)(N)CCCCN. The van der Waals surface area contributed by atoms with E-state index in [-0.39, 0.29) is 0 Å². The Kier molecular flexibility index (Phi) is 9.36. The van der Waals surface area contributed by atoms with Crippen molar-refractivity contribution in [2.24, 2.45) is 16.9 Å². The minimum absolute atomic E-state index is 0.753. The molecule has 0 aliphatic rings. The van der Waals surface area contributed by atoms with Crippen LogP contribution < -0.4 is 16.9 Å². The predicted molar refractivity (Wildman–Crippen MR) is 85.2 cm³/mol. The van der Waals surface area contributed by atoms with Crippen LogP contribution in [-0.4, -0.2) is 29.9 Å². The van der Waals surface area contributed by atoms with E-state index in [1.807, 2.05) is 0 Å². The number of nitrogens with two attached hydrogens (primary N) is 3. The summed E-state index contributed by atoms with van der Waals surface area (Å²) in [7, 11) is -3.59. The van der Waals surface area contributed by atoms with Crippen LogP contribution >= 0.6 is 0 Å². The molecule has 0 aliphatic heterocycles. The van der Waals surface area contributed by atoms with Crippen LogP contribution in [0, 0.1) is 0 Å². The average Bonchev–Trinajstić information content (AvgIpc) is 2.29. The highest BCUT2D eigenvalue weighted by Crippen LogP contribution is 2.25. The normalized spacial score (nSPS) is 18.3. The van der Waals surface area contributed by atoms with Gasteiger partial charge in [-0.2, -0.15) is 0 Å². The lowest BCUT2D eigenvalue weighted by Crippen LogP contribution is -2.54. The maximum atomic E-state index is 6.44. The number of hydrogen-bond acceptors (Lipinski definition) is 4. The highest BCUT2D eigenvalue weighted by molar-refractivity contribution is 6.84. The molecule has 0 spiro atoms. The quantitative estimate of drug-likeness (QED) is 0.402. The second-order valence-corrected chi connectivity index (χ2v) is 13.8. The van der Waals surface area contributed by atoms with Gasteiger partial charge in [0.15, 0.2) is 8.32 Å². The molecule has 0 heterocycles. The van der Waals surface area contributed by atoms with Crippen LogP contribution in [0.15, 0.2) is 0 Å². The number of unbranched alkanes of at least 4 members (excludes halogenated alkanes) is 2. The zero-order chi connectivity index (χ0) is 14.1. The lowest BCUT2D eigenvalue weighted by atomic mass is 10.3. The molecule has 0 bridgehead atoms. The van der Waals surface area contributed by atoms with E-state index in [0.717, 1.165) is 44.4 Å². The third kappa shape index (κ3) is 8.39. The third-order valence-electron chi connectivity index (χ3n) is 3.51. The van der Waals surface area contributed by atoms with E-state index in [1.54, 1.807) is 0 Å². The van der Waals surface area contributed by atoms with E-state index >= 15 is 0 Å². The Bertz CT molecular complexity index is 217. The minimum atomic E-state index is -1.98. The predicted octanol–water partition coefficient (Wildman–Crippen LogP) is 2.11. The van der Waals surface area contributed by atoms with Gasteiger partial charge in [-0.25, -0.2) is 0 Å². The largest absolute Gasteiger partial charge is 0.444 e. The lowest BCUT2D eigenvalue weighted by molar-refractivity contribution is 0.513. The van der Waals surface area contributed by atoms with Crippen molar-refractivity contribution in [3.63, 3.8) is 0 Å². The van der Waals surface area contributed by atoms with Crippen LogP contribution in [0.1, 0.15) is 32.6 Å². The zero-order valence-electron chi connectivity index (χ0n) is 12.5. The molecule has 0 amide bonds. The topological polar surface area (TPSA) is 87.3 Å². The molecule has 0 aromatic carbocycles. The molecule has 0 rings (SSSR count). The molecule has 4 nitrogen and oxygen atoms in total. The van der Waals surface area contributed by atoms with Crippen molar-refractivity contribution in [1.29, 1.82) is 0 Å². The van der Waals surface area contributed by atoms with Crippen molar-refractivity contribution in [2.75, 3.05) is 13.1 Å². The van der Waals surface area contributed by atoms with E-state index in [2.05, 4.69) is 20.0 Å². The fourth-order valence-corrected chi connectivity index (χ4v) is 10.4. The van der Waals surface area contributed by atoms with Gasteiger partial charge in [-0.15, -0.1) is 0 Å². The molecule has 2 unspecified atom stereocenters. The second kappa shape index (κ2) is 9.22. The molecule has 0 saturated carbocycles. The molecule has 0 fully saturated rings. The Morgan fingerprint density at radius 3 is 1.83 bits per heavy atom. The summed E-state index contributed by atoms with van der Waals surface area (Å²) in [6, 6.07) is 3.37. The standard InChI is InChI=1S/C12H33N3OSi2/c1-4-17(2,11-7-5-9-13)16-18(3,15)12-8-6-10-14/h4-15H2,1-3H3. The molecule has 0 aromatic rings. The summed E-state index contributed by atoms with van der Waals surface area (Å²) in [5, 5.41) is 6.41. The molecule has 0 radical (unpaired) electrons. The van der Waals surface area contributed by atoms with Crippen LogP contribution in [0.5, 0.6) is 0 Å². The first-order chi connectivity index (χ1) is 8.39. The highest BCUT2D eigenvalue weighted by atomic mass is 28.4. The molecular formula is C12H33N3OSi2. The van der Waals surface area contributed by atoms with Gasteiger partial charge < -0.3 is 21.0 Å². The van der Waals surface area contributed by atoms with Gasteiger partial charge in [-0.3, -0.25) is 0 Å². The van der Waals surface area contributed by atoms with Crippen LogP contribution in [0.25, 0.3) is 0 Å². The Morgan fingerprint density at radius 1 is 0.889 bits per heavy atom. The van der Waals surface area contributed by atoms with Gasteiger partial charge in [0.05, 0.1) is 0 Å². The van der Waals surface area contributed by atoms with Gasteiger partial charge >= 0.3 is 0 Å². The first kappa shape index (κ1) is 18.3. The van der Waals surface area contributed by atoms with Gasteiger partial charge in [0.25, 0.3) is 8.48 Å². The van der Waals surface area contributed by atoms with Crippen LogP contribution in [0.3, 0.4) is 0 Å². The molecule has 6 heteroatoms. The zero-order valence-corrected chi connectivity index (χ0v) is 14.5. The van der Waals surface area contributed by atoms with Crippen molar-refractivity contribution in [1.82, 2.24) is 0 Å². The van der Waals surface area contributed by atoms with Crippen LogP contribution in [0.2, 0.25) is 31.2 Å². The number of rotatable bonds is 11. The van der Waals surface area contributed by atoms with Crippen molar-refractivity contribution in [3.8, 4) is 0 Å². The van der Waals surface area contributed by atoms with E-state index in [1.165, 1.54) is 12.5 Å². The Balaban J connectivity index is 4.20. The van der Waals surface area contributed by atoms with Crippen molar-refractivity contribution in [3.05, 3.63) is 0 Å². The first-order valence-electron chi connectivity index (χ1n) is 7.28. The molecular weight excluding hydrogens is 258 g/mol. The number of hydrogen-bond donors (Lipinski definition) is 3. The molecule has 6 N–H and O–H groups in total. The molecule has 0 aromatic heterocycles.